The quantitative estimate of drug-likeness (QED) is 0.169. The molecule has 12 nitrogen and oxygen atoms in total. The van der Waals surface area contributed by atoms with Gasteiger partial charge in [0.15, 0.2) is 0 Å². The van der Waals surface area contributed by atoms with Crippen LogP contribution < -0.4 is 16.0 Å². The number of nitrogens with one attached hydrogen (secondary N) is 3. The summed E-state index contributed by atoms with van der Waals surface area (Å²) in [7, 11) is 0. The Balaban J connectivity index is -0.000000100. The molecule has 0 aliphatic heterocycles. The van der Waals surface area contributed by atoms with Gasteiger partial charge in [-0.05, 0) is 26.7 Å². The van der Waals surface area contributed by atoms with Crippen LogP contribution in [0.2, 0.25) is 0 Å². The molecule has 3 amide bonds. The first-order valence-electron chi connectivity index (χ1n) is 8.47. The molecule has 0 aliphatic rings. The third-order valence-corrected chi connectivity index (χ3v) is 3.02. The molecule has 0 aromatic rings. The van der Waals surface area contributed by atoms with Crippen LogP contribution in [0.15, 0.2) is 0 Å². The molecule has 0 aromatic heterocycles. The van der Waals surface area contributed by atoms with Crippen LogP contribution in [0.4, 0.5) is 0 Å². The smallest absolute Gasteiger partial charge is 0.326 e. The van der Waals surface area contributed by atoms with Crippen LogP contribution in [0, 0.1) is 28.7 Å². The minimum Gasteiger partial charge on any atom is -0.481 e. The molecule has 33 heavy (non-hydrogen) atoms. The van der Waals surface area contributed by atoms with Crippen molar-refractivity contribution in [1.82, 2.24) is 16.0 Å². The van der Waals surface area contributed by atoms with E-state index in [0.29, 0.717) is 0 Å². The SMILES string of the molecule is [CH2-]C(=O)NC(CCC(=O)NC(C)C)C(=O)O.[CH2-]C(=O)NC(CCC(=O)O)C(=O)O.[CH3-].[CH3-].[Y].[Y]. The minimum absolute atomic E-state index is 0. The molecule has 188 valence electrons. The molecule has 0 saturated heterocycles. The third-order valence-electron chi connectivity index (χ3n) is 3.02. The van der Waals surface area contributed by atoms with Crippen molar-refractivity contribution in [2.24, 2.45) is 0 Å². The van der Waals surface area contributed by atoms with Crippen LogP contribution in [-0.2, 0) is 94.2 Å². The first-order chi connectivity index (χ1) is 13.3. The Bertz CT molecular complexity index is 617. The number of amides is 3. The molecule has 6 N–H and O–H groups in total. The number of carboxylic acids is 3. The topological polar surface area (TPSA) is 199 Å². The van der Waals surface area contributed by atoms with Gasteiger partial charge in [-0.15, -0.1) is 0 Å². The molecular weight excluding hydrogens is 592 g/mol. The number of carbonyl (C=O) groups is 6. The second-order valence-corrected chi connectivity index (χ2v) is 6.11. The van der Waals surface area contributed by atoms with Gasteiger partial charge in [0.05, 0.1) is 11.8 Å². The first-order valence-corrected chi connectivity index (χ1v) is 8.47. The van der Waals surface area contributed by atoms with E-state index in [4.69, 9.17) is 15.3 Å². The number of hydrogen-bond acceptors (Lipinski definition) is 6. The summed E-state index contributed by atoms with van der Waals surface area (Å²) in [6.07, 6.45) is -0.353. The average molecular weight is 625 g/mol. The Labute approximate surface area is 245 Å². The van der Waals surface area contributed by atoms with Crippen molar-refractivity contribution in [2.45, 2.75) is 57.7 Å². The van der Waals surface area contributed by atoms with Gasteiger partial charge in [-0.25, -0.2) is 9.59 Å². The van der Waals surface area contributed by atoms with Gasteiger partial charge in [0, 0.05) is 84.3 Å². The molecule has 0 aromatic carbocycles. The summed E-state index contributed by atoms with van der Waals surface area (Å²) in [6.45, 7) is 9.57. The normalized spacial score (nSPS) is 10.4. The number of carboxylic acid groups (broad SMARTS) is 3. The second kappa shape index (κ2) is 25.4. The minimum atomic E-state index is -1.27. The summed E-state index contributed by atoms with van der Waals surface area (Å²) in [5, 5.41) is 32.3. The van der Waals surface area contributed by atoms with Crippen LogP contribution in [0.3, 0.4) is 0 Å². The van der Waals surface area contributed by atoms with Crippen LogP contribution in [0.1, 0.15) is 39.5 Å². The average Bonchev–Trinajstić information content (AvgIpc) is 2.54. The van der Waals surface area contributed by atoms with Gasteiger partial charge in [-0.1, -0.05) is 0 Å². The molecule has 0 rings (SSSR count). The summed E-state index contributed by atoms with van der Waals surface area (Å²) in [4.78, 5) is 63.4. The van der Waals surface area contributed by atoms with Crippen molar-refractivity contribution in [3.63, 3.8) is 0 Å². The maximum Gasteiger partial charge on any atom is 0.326 e. The molecule has 0 bridgehead atoms. The van der Waals surface area contributed by atoms with E-state index >= 15 is 0 Å². The summed E-state index contributed by atoms with van der Waals surface area (Å²) >= 11 is 0. The van der Waals surface area contributed by atoms with Crippen LogP contribution >= 0.6 is 0 Å². The van der Waals surface area contributed by atoms with E-state index in [2.05, 4.69) is 24.5 Å². The maximum atomic E-state index is 11.2. The Morgan fingerprint density at radius 2 is 1.03 bits per heavy atom. The molecule has 0 aliphatic carbocycles. The van der Waals surface area contributed by atoms with E-state index in [9.17, 15) is 28.8 Å². The molecule has 0 heterocycles. The summed E-state index contributed by atoms with van der Waals surface area (Å²) < 4.78 is 0. The van der Waals surface area contributed by atoms with Crippen LogP contribution in [-0.4, -0.2) is 69.1 Å². The van der Waals surface area contributed by atoms with Gasteiger partial charge >= 0.3 is 17.9 Å². The molecule has 2 unspecified atom stereocenters. The fourth-order valence-electron chi connectivity index (χ4n) is 1.84. The Kier molecular flexibility index (Phi) is 34.9. The van der Waals surface area contributed by atoms with Gasteiger partial charge in [0.25, 0.3) is 0 Å². The molecule has 0 saturated carbocycles. The van der Waals surface area contributed by atoms with E-state index in [-0.39, 0.29) is 118 Å². The van der Waals surface area contributed by atoms with Crippen molar-refractivity contribution >= 4 is 35.6 Å². The van der Waals surface area contributed by atoms with Crippen LogP contribution in [0.5, 0.6) is 0 Å². The van der Waals surface area contributed by atoms with Crippen molar-refractivity contribution in [3.8, 4) is 0 Å². The van der Waals surface area contributed by atoms with Crippen molar-refractivity contribution in [1.29, 1.82) is 0 Å². The van der Waals surface area contributed by atoms with E-state index in [1.54, 1.807) is 0 Å². The second-order valence-electron chi connectivity index (χ2n) is 6.11. The molecule has 0 spiro atoms. The Morgan fingerprint density at radius 3 is 1.27 bits per heavy atom. The third kappa shape index (κ3) is 30.8. The summed E-state index contributed by atoms with van der Waals surface area (Å²) in [6, 6.07) is -2.23. The first kappa shape index (κ1) is 45.3. The Morgan fingerprint density at radius 1 is 0.697 bits per heavy atom. The molecular formula is C19H33N3O9Y2-4. The zero-order chi connectivity index (χ0) is 23.1. The summed E-state index contributed by atoms with van der Waals surface area (Å²) in [5.41, 5.74) is 0. The fraction of sp³-hybridized carbons (Fsp3) is 0.474. The van der Waals surface area contributed by atoms with E-state index in [1.165, 1.54) is 0 Å². The Hall–Kier alpha value is -1.23. The summed E-state index contributed by atoms with van der Waals surface area (Å²) in [5.74, 6) is -5.19. The van der Waals surface area contributed by atoms with Gasteiger partial charge in [-0.3, -0.25) is 9.59 Å². The van der Waals surface area contributed by atoms with Crippen molar-refractivity contribution < 1.29 is 110 Å². The zero-order valence-electron chi connectivity index (χ0n) is 19.4. The standard InChI is InChI=1S/C10H17N2O4.C7H10NO5.2CH3.2Y/c1-6(2)11-9(14)5-4-8(10(15)16)12-7(3)13;1-4(9)8-5(7(12)13)2-3-6(10)11;;;;/h6,8H,3-5H2,1-2H3,(H,11,14)(H,12,13)(H,15,16);5H,1-3H2,(H,8,9)(H,10,11)(H,12,13);2*1H3;;/q4*-1;;. The van der Waals surface area contributed by atoms with Gasteiger partial charge < -0.3 is 69.6 Å². The van der Waals surface area contributed by atoms with E-state index in [0.717, 1.165) is 0 Å². The fourth-order valence-corrected chi connectivity index (χ4v) is 1.84. The molecule has 0 fully saturated rings. The predicted octanol–water partition coefficient (Wildman–Crippen LogP) is -0.155. The number of rotatable bonds is 11. The molecule has 2 radical (unpaired) electrons. The predicted molar refractivity (Wildman–Crippen MR) is 112 cm³/mol. The monoisotopic (exact) mass is 625 g/mol. The molecule has 2 atom stereocenters. The van der Waals surface area contributed by atoms with E-state index in [1.807, 2.05) is 19.2 Å². The number of aliphatic carboxylic acids is 3. The van der Waals surface area contributed by atoms with Gasteiger partial charge in [-0.2, -0.15) is 0 Å². The number of carbonyl (C=O) groups excluding carboxylic acids is 3. The van der Waals surface area contributed by atoms with Crippen LogP contribution in [0.25, 0.3) is 0 Å². The van der Waals surface area contributed by atoms with Crippen molar-refractivity contribution in [2.75, 3.05) is 0 Å². The largest absolute Gasteiger partial charge is 0.481 e. The van der Waals surface area contributed by atoms with Crippen molar-refractivity contribution in [3.05, 3.63) is 28.7 Å². The van der Waals surface area contributed by atoms with Gasteiger partial charge in [0.2, 0.25) is 5.91 Å². The molecule has 14 heteroatoms. The zero-order valence-corrected chi connectivity index (χ0v) is 25.1. The van der Waals surface area contributed by atoms with Gasteiger partial charge in [0.1, 0.15) is 12.1 Å². The number of hydrogen-bond donors (Lipinski definition) is 6. The maximum absolute atomic E-state index is 11.2. The van der Waals surface area contributed by atoms with E-state index < -0.39 is 41.8 Å².